The van der Waals surface area contributed by atoms with Gasteiger partial charge in [-0.05, 0) is 61.4 Å². The molecule has 0 aliphatic rings. The van der Waals surface area contributed by atoms with Gasteiger partial charge in [0.2, 0.25) is 0 Å². The van der Waals surface area contributed by atoms with Crippen molar-refractivity contribution in [3.05, 3.63) is 77.9 Å². The van der Waals surface area contributed by atoms with E-state index in [9.17, 15) is 9.59 Å². The Hall–Kier alpha value is -4.53. The second-order valence-corrected chi connectivity index (χ2v) is 8.26. The predicted molar refractivity (Wildman–Crippen MR) is 145 cm³/mol. The fourth-order valence-electron chi connectivity index (χ4n) is 3.25. The minimum absolute atomic E-state index is 0.171. The standard InChI is InChI=1S/C28H32N4O5/c1-5-35-26-15-21(13-14-25(26)37-18-27(33)30-24-12-7-6-9-20(24)2)17-29-31-28(34)19-36-23-11-8-10-22(16-23)32(3)4/h6-17H,5,18-19H2,1-4H3,(H,30,33)(H,31,34)/b29-17+. The molecule has 3 aromatic rings. The number of hydrogen-bond acceptors (Lipinski definition) is 7. The number of carbonyl (C=O) groups excluding carboxylic acids is 2. The first-order chi connectivity index (χ1) is 17.9. The quantitative estimate of drug-likeness (QED) is 0.286. The Morgan fingerprint density at radius 1 is 0.892 bits per heavy atom. The Morgan fingerprint density at radius 2 is 1.68 bits per heavy atom. The van der Waals surface area contributed by atoms with Crippen LogP contribution in [0.25, 0.3) is 0 Å². The predicted octanol–water partition coefficient (Wildman–Crippen LogP) is 4.01. The summed E-state index contributed by atoms with van der Waals surface area (Å²) in [6.07, 6.45) is 1.49. The molecule has 0 atom stereocenters. The lowest BCUT2D eigenvalue weighted by Crippen LogP contribution is -2.24. The second-order valence-electron chi connectivity index (χ2n) is 8.26. The van der Waals surface area contributed by atoms with Crippen LogP contribution in [0.1, 0.15) is 18.1 Å². The SMILES string of the molecule is CCOc1cc(/C=N/NC(=O)COc2cccc(N(C)C)c2)ccc1OCC(=O)Nc1ccccc1C. The highest BCUT2D eigenvalue weighted by atomic mass is 16.5. The zero-order valence-corrected chi connectivity index (χ0v) is 21.5. The van der Waals surface area contributed by atoms with Crippen molar-refractivity contribution in [2.24, 2.45) is 5.10 Å². The van der Waals surface area contributed by atoms with E-state index in [0.29, 0.717) is 29.4 Å². The zero-order valence-electron chi connectivity index (χ0n) is 21.5. The van der Waals surface area contributed by atoms with Crippen LogP contribution in [0.4, 0.5) is 11.4 Å². The van der Waals surface area contributed by atoms with Crippen molar-refractivity contribution < 1.29 is 23.8 Å². The smallest absolute Gasteiger partial charge is 0.277 e. The van der Waals surface area contributed by atoms with E-state index in [1.54, 1.807) is 24.3 Å². The van der Waals surface area contributed by atoms with E-state index in [-0.39, 0.29) is 19.1 Å². The molecule has 3 rings (SSSR count). The summed E-state index contributed by atoms with van der Waals surface area (Å²) in [7, 11) is 3.86. The largest absolute Gasteiger partial charge is 0.490 e. The maximum atomic E-state index is 12.3. The fourth-order valence-corrected chi connectivity index (χ4v) is 3.25. The van der Waals surface area contributed by atoms with E-state index < -0.39 is 5.91 Å². The summed E-state index contributed by atoms with van der Waals surface area (Å²) in [5, 5.41) is 6.82. The van der Waals surface area contributed by atoms with Crippen molar-refractivity contribution in [1.82, 2.24) is 5.43 Å². The Balaban J connectivity index is 1.52. The molecule has 0 bridgehead atoms. The molecule has 37 heavy (non-hydrogen) atoms. The summed E-state index contributed by atoms with van der Waals surface area (Å²) in [6.45, 7) is 3.84. The first-order valence-electron chi connectivity index (χ1n) is 11.8. The summed E-state index contributed by atoms with van der Waals surface area (Å²) in [5.41, 5.74) is 5.80. The molecule has 9 nitrogen and oxygen atoms in total. The Kier molecular flexibility index (Phi) is 9.90. The van der Waals surface area contributed by atoms with Gasteiger partial charge < -0.3 is 24.4 Å². The maximum Gasteiger partial charge on any atom is 0.277 e. The summed E-state index contributed by atoms with van der Waals surface area (Å²) < 4.78 is 16.9. The van der Waals surface area contributed by atoms with Gasteiger partial charge in [0.25, 0.3) is 11.8 Å². The second kappa shape index (κ2) is 13.5. The third-order valence-electron chi connectivity index (χ3n) is 5.15. The Bertz CT molecular complexity index is 1240. The minimum Gasteiger partial charge on any atom is -0.490 e. The van der Waals surface area contributed by atoms with Crippen LogP contribution in [0.3, 0.4) is 0 Å². The van der Waals surface area contributed by atoms with Crippen LogP contribution in [0.15, 0.2) is 71.8 Å². The third-order valence-corrected chi connectivity index (χ3v) is 5.15. The normalized spacial score (nSPS) is 10.6. The van der Waals surface area contributed by atoms with Gasteiger partial charge in [0, 0.05) is 31.5 Å². The molecule has 0 saturated heterocycles. The summed E-state index contributed by atoms with van der Waals surface area (Å²) in [5.74, 6) is 0.814. The van der Waals surface area contributed by atoms with Crippen LogP contribution in [-0.4, -0.2) is 51.9 Å². The molecule has 0 unspecified atom stereocenters. The van der Waals surface area contributed by atoms with Crippen LogP contribution >= 0.6 is 0 Å². The summed E-state index contributed by atoms with van der Waals surface area (Å²) >= 11 is 0. The number of hydrazone groups is 1. The number of carbonyl (C=O) groups is 2. The van der Waals surface area contributed by atoms with Gasteiger partial charge in [-0.2, -0.15) is 5.10 Å². The van der Waals surface area contributed by atoms with Gasteiger partial charge in [-0.25, -0.2) is 5.43 Å². The number of nitrogens with zero attached hydrogens (tertiary/aromatic N) is 2. The van der Waals surface area contributed by atoms with Gasteiger partial charge in [-0.15, -0.1) is 0 Å². The highest BCUT2D eigenvalue weighted by molar-refractivity contribution is 5.92. The van der Waals surface area contributed by atoms with E-state index in [4.69, 9.17) is 14.2 Å². The van der Waals surface area contributed by atoms with Crippen molar-refractivity contribution in [1.29, 1.82) is 0 Å². The van der Waals surface area contributed by atoms with Gasteiger partial charge >= 0.3 is 0 Å². The van der Waals surface area contributed by atoms with Crippen molar-refractivity contribution >= 4 is 29.4 Å². The zero-order chi connectivity index (χ0) is 26.6. The molecular formula is C28H32N4O5. The average molecular weight is 505 g/mol. The Labute approximate surface area is 217 Å². The molecule has 0 heterocycles. The van der Waals surface area contributed by atoms with Gasteiger partial charge in [0.05, 0.1) is 12.8 Å². The molecule has 3 aromatic carbocycles. The number of hydrogen-bond donors (Lipinski definition) is 2. The number of ether oxygens (including phenoxy) is 3. The van der Waals surface area contributed by atoms with Gasteiger partial charge in [0.15, 0.2) is 24.7 Å². The molecule has 0 aromatic heterocycles. The topological polar surface area (TPSA) is 101 Å². The van der Waals surface area contributed by atoms with E-state index >= 15 is 0 Å². The molecular weight excluding hydrogens is 472 g/mol. The highest BCUT2D eigenvalue weighted by Crippen LogP contribution is 2.28. The number of aryl methyl sites for hydroxylation is 1. The van der Waals surface area contributed by atoms with Crippen LogP contribution in [0.2, 0.25) is 0 Å². The molecule has 2 amide bonds. The lowest BCUT2D eigenvalue weighted by Gasteiger charge is -2.13. The first-order valence-corrected chi connectivity index (χ1v) is 11.8. The van der Waals surface area contributed by atoms with Crippen molar-refractivity contribution in [3.63, 3.8) is 0 Å². The number of amides is 2. The van der Waals surface area contributed by atoms with Gasteiger partial charge in [-0.3, -0.25) is 9.59 Å². The molecule has 9 heteroatoms. The summed E-state index contributed by atoms with van der Waals surface area (Å²) in [6, 6.07) is 20.1. The molecule has 0 saturated carbocycles. The first kappa shape index (κ1) is 27.1. The van der Waals surface area contributed by atoms with E-state index in [0.717, 1.165) is 16.9 Å². The van der Waals surface area contributed by atoms with Crippen molar-refractivity contribution in [3.8, 4) is 17.2 Å². The van der Waals surface area contributed by atoms with Gasteiger partial charge in [0.1, 0.15) is 5.75 Å². The maximum absolute atomic E-state index is 12.3. The van der Waals surface area contributed by atoms with Crippen LogP contribution in [0, 0.1) is 6.92 Å². The Morgan fingerprint density at radius 3 is 2.43 bits per heavy atom. The fraction of sp³-hybridized carbons (Fsp3) is 0.250. The molecule has 0 fully saturated rings. The summed E-state index contributed by atoms with van der Waals surface area (Å²) in [4.78, 5) is 26.4. The molecule has 194 valence electrons. The lowest BCUT2D eigenvalue weighted by molar-refractivity contribution is -0.123. The molecule has 0 radical (unpaired) electrons. The lowest BCUT2D eigenvalue weighted by atomic mass is 10.2. The average Bonchev–Trinajstić information content (AvgIpc) is 2.88. The number of benzene rings is 3. The number of nitrogens with one attached hydrogen (secondary N) is 2. The van der Waals surface area contributed by atoms with Crippen molar-refractivity contribution in [2.75, 3.05) is 44.1 Å². The highest BCUT2D eigenvalue weighted by Gasteiger charge is 2.10. The molecule has 0 aliphatic heterocycles. The molecule has 0 spiro atoms. The van der Waals surface area contributed by atoms with Gasteiger partial charge in [-0.1, -0.05) is 24.3 Å². The minimum atomic E-state index is -0.392. The van der Waals surface area contributed by atoms with Crippen LogP contribution < -0.4 is 29.9 Å². The van der Waals surface area contributed by atoms with E-state index in [1.807, 2.05) is 75.3 Å². The monoisotopic (exact) mass is 504 g/mol. The van der Waals surface area contributed by atoms with Crippen LogP contribution in [0.5, 0.6) is 17.2 Å². The van der Waals surface area contributed by atoms with Crippen molar-refractivity contribution in [2.45, 2.75) is 13.8 Å². The van der Waals surface area contributed by atoms with E-state index in [2.05, 4.69) is 15.8 Å². The number of para-hydroxylation sites is 1. The number of rotatable bonds is 12. The molecule has 0 aliphatic carbocycles. The van der Waals surface area contributed by atoms with E-state index in [1.165, 1.54) is 6.21 Å². The third kappa shape index (κ3) is 8.57. The number of anilines is 2. The van der Waals surface area contributed by atoms with Crippen LogP contribution in [-0.2, 0) is 9.59 Å². The molecule has 2 N–H and O–H groups in total.